The van der Waals surface area contributed by atoms with Crippen molar-refractivity contribution in [2.24, 2.45) is 5.16 Å². The lowest BCUT2D eigenvalue weighted by atomic mass is 10.0. The maximum Gasteiger partial charge on any atom is 0.261 e. The van der Waals surface area contributed by atoms with E-state index in [0.717, 1.165) is 31.6 Å². The van der Waals surface area contributed by atoms with Crippen molar-refractivity contribution in [2.75, 3.05) is 45.3 Å². The Morgan fingerprint density at radius 1 is 1.20 bits per heavy atom. The highest BCUT2D eigenvalue weighted by Crippen LogP contribution is 2.34. The first-order valence-corrected chi connectivity index (χ1v) is 12.5. The summed E-state index contributed by atoms with van der Waals surface area (Å²) in [5.41, 5.74) is 7.74. The Morgan fingerprint density at radius 3 is 2.77 bits per heavy atom. The molecule has 4 rings (SSSR count). The molecular formula is C24H30N6O4S. The largest absolute Gasteiger partial charge is 0.454 e. The third-order valence-corrected chi connectivity index (χ3v) is 6.63. The van der Waals surface area contributed by atoms with E-state index in [1.807, 2.05) is 25.1 Å². The van der Waals surface area contributed by atoms with Gasteiger partial charge in [-0.15, -0.1) is 11.3 Å². The van der Waals surface area contributed by atoms with Crippen LogP contribution in [0.2, 0.25) is 0 Å². The predicted molar refractivity (Wildman–Crippen MR) is 136 cm³/mol. The average Bonchev–Trinajstić information content (AvgIpc) is 3.50. The van der Waals surface area contributed by atoms with Gasteiger partial charge in [0.1, 0.15) is 22.8 Å². The quantitative estimate of drug-likeness (QED) is 0.235. The second-order valence-electron chi connectivity index (χ2n) is 7.84. The number of nitrogens with two attached hydrogens (primary N) is 1. The van der Waals surface area contributed by atoms with Gasteiger partial charge in [-0.3, -0.25) is 4.79 Å². The van der Waals surface area contributed by atoms with Gasteiger partial charge in [0.25, 0.3) is 5.91 Å². The third kappa shape index (κ3) is 5.63. The Labute approximate surface area is 208 Å². The first-order valence-electron chi connectivity index (χ1n) is 11.7. The number of rotatable bonds is 11. The van der Waals surface area contributed by atoms with E-state index in [2.05, 4.69) is 39.2 Å². The van der Waals surface area contributed by atoms with Gasteiger partial charge in [0.05, 0.1) is 4.88 Å². The number of oxime groups is 1. The van der Waals surface area contributed by atoms with Crippen molar-refractivity contribution in [3.8, 4) is 11.5 Å². The van der Waals surface area contributed by atoms with Crippen molar-refractivity contribution in [2.45, 2.75) is 27.2 Å². The molecule has 0 saturated carbocycles. The lowest BCUT2D eigenvalue weighted by Crippen LogP contribution is -2.24. The van der Waals surface area contributed by atoms with Crippen LogP contribution in [0, 0.1) is 0 Å². The molecule has 1 aliphatic rings. The zero-order valence-electron chi connectivity index (χ0n) is 20.2. The maximum atomic E-state index is 12.5. The Hall–Kier alpha value is -3.44. The zero-order valence-corrected chi connectivity index (χ0v) is 21.0. The van der Waals surface area contributed by atoms with Crippen molar-refractivity contribution in [3.63, 3.8) is 0 Å². The van der Waals surface area contributed by atoms with Gasteiger partial charge in [-0.2, -0.15) is 0 Å². The number of carbonyl (C=O) groups is 1. The van der Waals surface area contributed by atoms with E-state index in [9.17, 15) is 4.79 Å². The average molecular weight is 499 g/mol. The molecule has 0 aliphatic carbocycles. The van der Waals surface area contributed by atoms with E-state index < -0.39 is 0 Å². The molecule has 0 bridgehead atoms. The summed E-state index contributed by atoms with van der Waals surface area (Å²) in [5.74, 6) is 1.19. The van der Waals surface area contributed by atoms with Gasteiger partial charge in [0, 0.05) is 24.0 Å². The summed E-state index contributed by atoms with van der Waals surface area (Å²) in [4.78, 5) is 30.5. The summed E-state index contributed by atoms with van der Waals surface area (Å²) in [6.45, 7) is 10.2. The number of hydrogen-bond acceptors (Lipinski definition) is 10. The van der Waals surface area contributed by atoms with Crippen molar-refractivity contribution in [1.29, 1.82) is 0 Å². The van der Waals surface area contributed by atoms with Crippen molar-refractivity contribution in [3.05, 3.63) is 40.4 Å². The minimum atomic E-state index is -0.172. The summed E-state index contributed by atoms with van der Waals surface area (Å²) < 4.78 is 11.0. The molecule has 3 aromatic rings. The summed E-state index contributed by atoms with van der Waals surface area (Å²) in [5, 5.41) is 7.97. The number of ether oxygens (including phenoxy) is 2. The Morgan fingerprint density at radius 2 is 2.00 bits per heavy atom. The minimum Gasteiger partial charge on any atom is -0.454 e. The topological polar surface area (TPSA) is 124 Å². The Kier molecular flexibility index (Phi) is 7.98. The summed E-state index contributed by atoms with van der Waals surface area (Å²) in [7, 11) is 0. The van der Waals surface area contributed by atoms with Crippen molar-refractivity contribution >= 4 is 39.1 Å². The molecule has 0 radical (unpaired) electrons. The van der Waals surface area contributed by atoms with Gasteiger partial charge in [0.15, 0.2) is 11.5 Å². The van der Waals surface area contributed by atoms with Crippen LogP contribution in [0.5, 0.6) is 11.5 Å². The van der Waals surface area contributed by atoms with Crippen molar-refractivity contribution in [1.82, 2.24) is 20.2 Å². The van der Waals surface area contributed by atoms with Crippen LogP contribution in [0.15, 0.2) is 29.4 Å². The normalized spacial score (nSPS) is 13.0. The number of hydrogen-bond donors (Lipinski definition) is 2. The van der Waals surface area contributed by atoms with E-state index in [1.165, 1.54) is 11.3 Å². The number of thiophene rings is 1. The molecule has 186 valence electrons. The fourth-order valence-corrected chi connectivity index (χ4v) is 4.71. The fraction of sp³-hybridized carbons (Fsp3) is 0.417. The van der Waals surface area contributed by atoms with E-state index in [4.69, 9.17) is 20.0 Å². The molecule has 0 atom stereocenters. The van der Waals surface area contributed by atoms with Gasteiger partial charge in [-0.25, -0.2) is 9.97 Å². The number of anilines is 1. The third-order valence-electron chi connectivity index (χ3n) is 5.60. The molecule has 3 N–H and O–H groups in total. The maximum absolute atomic E-state index is 12.5. The van der Waals surface area contributed by atoms with Crippen LogP contribution in [0.1, 0.15) is 48.1 Å². The first kappa shape index (κ1) is 24.7. The van der Waals surface area contributed by atoms with Gasteiger partial charge in [-0.05, 0) is 50.7 Å². The monoisotopic (exact) mass is 498 g/mol. The standard InChI is InChI=1S/C24H30N6O4S/c1-4-26-22(31)19-13-16-21(27-24(25)28-23(16)35-19)20(29-34-11-7-10-30(5-2)6-3)15-8-9-17-18(12-15)33-14-32-17/h8-9,12-13H,4-7,10-11,14H2,1-3H3,(H,26,31)(H2,25,27,28)/b29-20+. The molecule has 1 aromatic carbocycles. The number of nitrogens with one attached hydrogen (secondary N) is 1. The second kappa shape index (κ2) is 11.3. The van der Waals surface area contributed by atoms with Crippen LogP contribution in [0.4, 0.5) is 5.95 Å². The van der Waals surface area contributed by atoms with E-state index in [1.54, 1.807) is 6.07 Å². The molecule has 35 heavy (non-hydrogen) atoms. The molecule has 0 spiro atoms. The lowest BCUT2D eigenvalue weighted by molar-refractivity contribution is 0.0960. The van der Waals surface area contributed by atoms with Crippen LogP contribution in [-0.2, 0) is 4.84 Å². The number of carbonyl (C=O) groups excluding carboxylic acids is 1. The lowest BCUT2D eigenvalue weighted by Gasteiger charge is -2.17. The van der Waals surface area contributed by atoms with Gasteiger partial charge in [0.2, 0.25) is 12.7 Å². The minimum absolute atomic E-state index is 0.0896. The highest BCUT2D eigenvalue weighted by molar-refractivity contribution is 7.20. The van der Waals surface area contributed by atoms with Gasteiger partial charge >= 0.3 is 0 Å². The number of nitrogen functional groups attached to an aromatic ring is 1. The number of aromatic nitrogens is 2. The van der Waals surface area contributed by atoms with Crippen LogP contribution in [-0.4, -0.2) is 66.1 Å². The number of amides is 1. The van der Waals surface area contributed by atoms with Crippen molar-refractivity contribution < 1.29 is 19.1 Å². The molecule has 1 amide bonds. The van der Waals surface area contributed by atoms with Crippen LogP contribution < -0.4 is 20.5 Å². The smallest absolute Gasteiger partial charge is 0.261 e. The summed E-state index contributed by atoms with van der Waals surface area (Å²) in [6, 6.07) is 7.29. The first-order chi connectivity index (χ1) is 17.0. The Bertz CT molecular complexity index is 1220. The van der Waals surface area contributed by atoms with Crippen LogP contribution in [0.3, 0.4) is 0 Å². The summed E-state index contributed by atoms with van der Waals surface area (Å²) >= 11 is 1.26. The molecule has 1 aliphatic heterocycles. The van der Waals surface area contributed by atoms with E-state index in [-0.39, 0.29) is 18.6 Å². The molecule has 10 nitrogen and oxygen atoms in total. The fourth-order valence-electron chi connectivity index (χ4n) is 3.76. The van der Waals surface area contributed by atoms with Gasteiger partial charge < -0.3 is 30.3 Å². The van der Waals surface area contributed by atoms with E-state index in [0.29, 0.717) is 51.2 Å². The van der Waals surface area contributed by atoms with Crippen LogP contribution in [0.25, 0.3) is 10.2 Å². The molecular weight excluding hydrogens is 468 g/mol. The number of fused-ring (bicyclic) bond motifs is 2. The summed E-state index contributed by atoms with van der Waals surface area (Å²) in [6.07, 6.45) is 0.834. The van der Waals surface area contributed by atoms with Crippen LogP contribution >= 0.6 is 11.3 Å². The zero-order chi connectivity index (χ0) is 24.8. The second-order valence-corrected chi connectivity index (χ2v) is 8.87. The molecule has 2 aromatic heterocycles. The Balaban J connectivity index is 1.71. The highest BCUT2D eigenvalue weighted by Gasteiger charge is 2.22. The molecule has 11 heteroatoms. The molecule has 0 saturated heterocycles. The van der Waals surface area contributed by atoms with E-state index >= 15 is 0 Å². The molecule has 3 heterocycles. The number of nitrogens with zero attached hydrogens (tertiary/aromatic N) is 4. The highest BCUT2D eigenvalue weighted by atomic mass is 32.1. The number of benzene rings is 1. The molecule has 0 fully saturated rings. The molecule has 0 unspecified atom stereocenters. The van der Waals surface area contributed by atoms with Gasteiger partial charge in [-0.1, -0.05) is 19.0 Å². The SMILES string of the molecule is CCNC(=O)c1cc2c(/C(=N/OCCCN(CC)CC)c3ccc4c(c3)OCO4)nc(N)nc2s1. The predicted octanol–water partition coefficient (Wildman–Crippen LogP) is 3.25.